The Bertz CT molecular complexity index is 577. The van der Waals surface area contributed by atoms with Gasteiger partial charge in [-0.05, 0) is 26.3 Å². The summed E-state index contributed by atoms with van der Waals surface area (Å²) in [7, 11) is 5.17. The van der Waals surface area contributed by atoms with Crippen molar-refractivity contribution < 1.29 is 14.4 Å². The van der Waals surface area contributed by atoms with E-state index in [9.17, 15) is 14.4 Å². The van der Waals surface area contributed by atoms with Gasteiger partial charge in [-0.1, -0.05) is 28.5 Å². The van der Waals surface area contributed by atoms with Gasteiger partial charge in [0.05, 0.1) is 12.7 Å². The van der Waals surface area contributed by atoms with E-state index in [1.165, 1.54) is 0 Å². The van der Waals surface area contributed by atoms with E-state index in [0.29, 0.717) is 58.5 Å². The molecule has 11 nitrogen and oxygen atoms in total. The smallest absolute Gasteiger partial charge is 0.237 e. The van der Waals surface area contributed by atoms with Gasteiger partial charge in [-0.15, -0.1) is 0 Å². The average Bonchev–Trinajstić information content (AvgIpc) is 2.75. The minimum absolute atomic E-state index is 0.0239. The SMILES string of the molecule is CCCC(=O)NCCSSCCNC(=O)CCN(C)CNC(=O)C(N)CCCN=C(N)N. The number of guanidine groups is 1. The van der Waals surface area contributed by atoms with Crippen molar-refractivity contribution in [1.29, 1.82) is 0 Å². The van der Waals surface area contributed by atoms with Gasteiger partial charge in [-0.3, -0.25) is 24.3 Å². The molecular formula is C19H40N8O3S2. The van der Waals surface area contributed by atoms with Crippen molar-refractivity contribution in [2.75, 3.05) is 51.4 Å². The molecule has 0 aliphatic heterocycles. The molecule has 0 fully saturated rings. The molecule has 13 heteroatoms. The van der Waals surface area contributed by atoms with Gasteiger partial charge in [0.1, 0.15) is 0 Å². The monoisotopic (exact) mass is 492 g/mol. The second-order valence-corrected chi connectivity index (χ2v) is 9.88. The fourth-order valence-electron chi connectivity index (χ4n) is 2.35. The van der Waals surface area contributed by atoms with Crippen LogP contribution in [0.4, 0.5) is 0 Å². The third-order valence-corrected chi connectivity index (χ3v) is 6.53. The van der Waals surface area contributed by atoms with Crippen LogP contribution < -0.4 is 33.2 Å². The van der Waals surface area contributed by atoms with E-state index in [2.05, 4.69) is 20.9 Å². The van der Waals surface area contributed by atoms with E-state index in [1.807, 2.05) is 18.9 Å². The molecule has 0 heterocycles. The van der Waals surface area contributed by atoms with Crippen LogP contribution >= 0.6 is 21.6 Å². The molecule has 0 aromatic carbocycles. The molecule has 0 aliphatic carbocycles. The Kier molecular flexibility index (Phi) is 18.9. The van der Waals surface area contributed by atoms with Crippen molar-refractivity contribution in [2.24, 2.45) is 22.2 Å². The van der Waals surface area contributed by atoms with Crippen LogP contribution in [0.1, 0.15) is 39.0 Å². The summed E-state index contributed by atoms with van der Waals surface area (Å²) in [6, 6.07) is -0.621. The maximum absolute atomic E-state index is 12.0. The van der Waals surface area contributed by atoms with E-state index in [4.69, 9.17) is 17.2 Å². The van der Waals surface area contributed by atoms with Gasteiger partial charge >= 0.3 is 0 Å². The Balaban J connectivity index is 3.67. The number of hydrogen-bond donors (Lipinski definition) is 6. The average molecular weight is 493 g/mol. The van der Waals surface area contributed by atoms with Crippen LogP contribution in [0.5, 0.6) is 0 Å². The topological polar surface area (TPSA) is 181 Å². The van der Waals surface area contributed by atoms with Crippen LogP contribution in [-0.2, 0) is 14.4 Å². The zero-order valence-electron chi connectivity index (χ0n) is 19.2. The second kappa shape index (κ2) is 19.9. The highest BCUT2D eigenvalue weighted by molar-refractivity contribution is 8.76. The van der Waals surface area contributed by atoms with Gasteiger partial charge in [0.25, 0.3) is 0 Å². The van der Waals surface area contributed by atoms with Crippen molar-refractivity contribution in [3.8, 4) is 0 Å². The lowest BCUT2D eigenvalue weighted by molar-refractivity contribution is -0.123. The van der Waals surface area contributed by atoms with Crippen molar-refractivity contribution in [3.05, 3.63) is 0 Å². The standard InChI is InChI=1S/C19H40N8O3S2/c1-3-5-16(28)23-9-12-31-32-13-10-24-17(29)7-11-27(2)14-26-18(30)15(20)6-4-8-25-19(21)22/h15H,3-14,20H2,1-2H3,(H,23,28)(H,24,29)(H,26,30)(H4,21,22,25). The number of carbonyl (C=O) groups excluding carboxylic acids is 3. The first kappa shape index (κ1) is 30.3. The van der Waals surface area contributed by atoms with Gasteiger partial charge in [-0.2, -0.15) is 0 Å². The predicted molar refractivity (Wildman–Crippen MR) is 134 cm³/mol. The van der Waals surface area contributed by atoms with E-state index in [-0.39, 0.29) is 23.7 Å². The van der Waals surface area contributed by atoms with Crippen molar-refractivity contribution >= 4 is 45.3 Å². The van der Waals surface area contributed by atoms with Crippen molar-refractivity contribution in [3.63, 3.8) is 0 Å². The molecule has 3 amide bonds. The molecule has 32 heavy (non-hydrogen) atoms. The highest BCUT2D eigenvalue weighted by Crippen LogP contribution is 2.19. The number of nitrogens with two attached hydrogens (primary N) is 3. The van der Waals surface area contributed by atoms with Crippen LogP contribution in [0.15, 0.2) is 4.99 Å². The summed E-state index contributed by atoms with van der Waals surface area (Å²) in [5.74, 6) is 1.48. The highest BCUT2D eigenvalue weighted by Gasteiger charge is 2.13. The zero-order valence-corrected chi connectivity index (χ0v) is 20.9. The second-order valence-electron chi connectivity index (χ2n) is 7.18. The van der Waals surface area contributed by atoms with Crippen LogP contribution in [0.3, 0.4) is 0 Å². The molecule has 0 spiro atoms. The fourth-order valence-corrected chi connectivity index (χ4v) is 4.17. The third kappa shape index (κ3) is 19.0. The highest BCUT2D eigenvalue weighted by atomic mass is 33.1. The molecule has 0 bridgehead atoms. The van der Waals surface area contributed by atoms with Crippen LogP contribution in [0.25, 0.3) is 0 Å². The number of nitrogens with one attached hydrogen (secondary N) is 3. The maximum atomic E-state index is 12.0. The summed E-state index contributed by atoms with van der Waals surface area (Å²) in [6.07, 6.45) is 2.88. The summed E-state index contributed by atoms with van der Waals surface area (Å²) in [5.41, 5.74) is 16.3. The van der Waals surface area contributed by atoms with E-state index >= 15 is 0 Å². The van der Waals surface area contributed by atoms with Crippen LogP contribution in [-0.4, -0.2) is 86.0 Å². The van der Waals surface area contributed by atoms with Gasteiger partial charge in [0.2, 0.25) is 17.7 Å². The molecule has 1 unspecified atom stereocenters. The number of hydrogen-bond acceptors (Lipinski definition) is 8. The largest absolute Gasteiger partial charge is 0.370 e. The minimum atomic E-state index is -0.621. The van der Waals surface area contributed by atoms with Gasteiger partial charge in [0.15, 0.2) is 5.96 Å². The zero-order chi connectivity index (χ0) is 24.2. The molecule has 0 aromatic rings. The molecule has 186 valence electrons. The normalized spacial score (nSPS) is 11.6. The van der Waals surface area contributed by atoms with E-state index in [1.54, 1.807) is 21.6 Å². The first-order chi connectivity index (χ1) is 15.3. The molecule has 0 radical (unpaired) electrons. The van der Waals surface area contributed by atoms with Crippen LogP contribution in [0, 0.1) is 0 Å². The molecule has 0 rings (SSSR count). The molecule has 0 aliphatic rings. The Hall–Kier alpha value is -1.70. The summed E-state index contributed by atoms with van der Waals surface area (Å²) in [5, 5.41) is 8.50. The predicted octanol–water partition coefficient (Wildman–Crippen LogP) is -0.823. The summed E-state index contributed by atoms with van der Waals surface area (Å²) in [4.78, 5) is 40.9. The van der Waals surface area contributed by atoms with Gasteiger partial charge in [-0.25, -0.2) is 0 Å². The molecular weight excluding hydrogens is 452 g/mol. The molecule has 1 atom stereocenters. The maximum Gasteiger partial charge on any atom is 0.237 e. The van der Waals surface area contributed by atoms with Crippen LogP contribution in [0.2, 0.25) is 0 Å². The van der Waals surface area contributed by atoms with Crippen molar-refractivity contribution in [2.45, 2.75) is 45.1 Å². The Morgan fingerprint density at radius 1 is 1.00 bits per heavy atom. The lowest BCUT2D eigenvalue weighted by Gasteiger charge is -2.19. The Morgan fingerprint density at radius 3 is 2.16 bits per heavy atom. The van der Waals surface area contributed by atoms with E-state index in [0.717, 1.165) is 17.9 Å². The number of nitrogens with zero attached hydrogens (tertiary/aromatic N) is 2. The van der Waals surface area contributed by atoms with Gasteiger partial charge < -0.3 is 33.2 Å². The Morgan fingerprint density at radius 2 is 1.59 bits per heavy atom. The van der Waals surface area contributed by atoms with Crippen molar-refractivity contribution in [1.82, 2.24) is 20.9 Å². The van der Waals surface area contributed by atoms with E-state index < -0.39 is 6.04 Å². The third-order valence-electron chi connectivity index (χ3n) is 4.12. The number of aliphatic imine (C=N–C) groups is 1. The first-order valence-corrected chi connectivity index (χ1v) is 13.3. The molecule has 0 aromatic heterocycles. The summed E-state index contributed by atoms with van der Waals surface area (Å²) < 4.78 is 0. The number of rotatable bonds is 19. The summed E-state index contributed by atoms with van der Waals surface area (Å²) >= 11 is 0. The summed E-state index contributed by atoms with van der Waals surface area (Å²) in [6.45, 7) is 4.50. The molecule has 0 saturated heterocycles. The Labute approximate surface area is 199 Å². The quantitative estimate of drug-likeness (QED) is 0.0441. The first-order valence-electron chi connectivity index (χ1n) is 10.8. The molecule has 0 saturated carbocycles. The minimum Gasteiger partial charge on any atom is -0.370 e. The number of carbonyl (C=O) groups is 3. The lowest BCUT2D eigenvalue weighted by Crippen LogP contribution is -2.45. The number of amides is 3. The lowest BCUT2D eigenvalue weighted by atomic mass is 10.1. The molecule has 9 N–H and O–H groups in total. The fraction of sp³-hybridized carbons (Fsp3) is 0.789. The van der Waals surface area contributed by atoms with Gasteiger partial charge in [0, 0.05) is 50.5 Å².